The first-order chi connectivity index (χ1) is 16.3. The lowest BCUT2D eigenvalue weighted by Crippen LogP contribution is -2.47. The van der Waals surface area contributed by atoms with Crippen LogP contribution in [0.25, 0.3) is 0 Å². The molecule has 2 unspecified atom stereocenters. The zero-order chi connectivity index (χ0) is 26.1. The summed E-state index contributed by atoms with van der Waals surface area (Å²) in [7, 11) is -1.53. The third-order valence-corrected chi connectivity index (χ3v) is 5.32. The number of aliphatic hydroxyl groups excluding tert-OH is 1. The summed E-state index contributed by atoms with van der Waals surface area (Å²) < 4.78 is 102. The molecule has 6 nitrogen and oxygen atoms in total. The molecule has 0 saturated carbocycles. The first-order valence-electron chi connectivity index (χ1n) is 10.5. The van der Waals surface area contributed by atoms with Crippen molar-refractivity contribution < 1.29 is 50.0 Å². The number of alkyl halides is 6. The lowest BCUT2D eigenvalue weighted by Gasteiger charge is -2.26. The first kappa shape index (κ1) is 29.0. The number of aryl methyl sites for hydroxylation is 2. The van der Waals surface area contributed by atoms with Gasteiger partial charge in [-0.2, -0.15) is 13.2 Å². The van der Waals surface area contributed by atoms with E-state index in [9.17, 15) is 36.0 Å². The predicted molar refractivity (Wildman–Crippen MR) is 117 cm³/mol. The molecule has 3 N–H and O–H groups in total. The highest BCUT2D eigenvalue weighted by Crippen LogP contribution is 2.37. The zero-order valence-electron chi connectivity index (χ0n) is 18.5. The fraction of sp³-hybridized carbons (Fsp3) is 0.455. The van der Waals surface area contributed by atoms with Gasteiger partial charge in [0.15, 0.2) is 8.69 Å². The van der Waals surface area contributed by atoms with Crippen molar-refractivity contribution in [2.24, 2.45) is 5.73 Å². The van der Waals surface area contributed by atoms with Gasteiger partial charge in [-0.25, -0.2) is 0 Å². The van der Waals surface area contributed by atoms with Gasteiger partial charge in [0.2, 0.25) is 0 Å². The highest BCUT2D eigenvalue weighted by atomic mass is 31.1. The quantitative estimate of drug-likeness (QED) is 0.217. The minimum Gasteiger partial charge on any atom is -0.493 e. The van der Waals surface area contributed by atoms with Crippen molar-refractivity contribution in [1.29, 1.82) is 0 Å². The number of benzene rings is 2. The van der Waals surface area contributed by atoms with E-state index < -0.39 is 38.9 Å². The van der Waals surface area contributed by atoms with E-state index >= 15 is 0 Å². The molecule has 0 amide bonds. The van der Waals surface area contributed by atoms with E-state index in [1.807, 2.05) is 0 Å². The Morgan fingerprint density at radius 2 is 1.69 bits per heavy atom. The fourth-order valence-electron chi connectivity index (χ4n) is 3.23. The summed E-state index contributed by atoms with van der Waals surface area (Å²) in [5.74, 6) is -0.760. The van der Waals surface area contributed by atoms with Gasteiger partial charge in [0.05, 0.1) is 30.9 Å². The van der Waals surface area contributed by atoms with Crippen molar-refractivity contribution in [2.75, 3.05) is 19.8 Å². The summed E-state index contributed by atoms with van der Waals surface area (Å²) in [6, 6.07) is 8.88. The molecule has 2 aromatic rings. The molecule has 0 aliphatic rings. The number of aliphatic hydroxyl groups is 1. The summed E-state index contributed by atoms with van der Waals surface area (Å²) in [5.41, 5.74) is 4.54. The maximum atomic E-state index is 13.6. The highest BCUT2D eigenvalue weighted by Gasteiger charge is 2.35. The van der Waals surface area contributed by atoms with Gasteiger partial charge in [0.25, 0.3) is 0 Å². The van der Waals surface area contributed by atoms with E-state index in [0.29, 0.717) is 11.1 Å². The van der Waals surface area contributed by atoms with Crippen LogP contribution in [0.3, 0.4) is 0 Å². The molecule has 13 heteroatoms. The molecule has 0 radical (unpaired) electrons. The van der Waals surface area contributed by atoms with Crippen molar-refractivity contribution in [3.63, 3.8) is 0 Å². The predicted octanol–water partition coefficient (Wildman–Crippen LogP) is 4.93. The van der Waals surface area contributed by atoms with E-state index in [0.717, 1.165) is 12.1 Å². The summed E-state index contributed by atoms with van der Waals surface area (Å²) >= 11 is 0. The number of rotatable bonds is 13. The van der Waals surface area contributed by atoms with Crippen LogP contribution >= 0.6 is 8.69 Å². The van der Waals surface area contributed by atoms with Crippen molar-refractivity contribution in [1.82, 2.24) is 0 Å². The third kappa shape index (κ3) is 10.1. The maximum absolute atomic E-state index is 13.6. The number of hydrogen-bond acceptors (Lipinski definition) is 6. The third-order valence-electron chi connectivity index (χ3n) is 5.01. The molecule has 0 spiro atoms. The minimum atomic E-state index is -4.82. The molecule has 0 bridgehead atoms. The van der Waals surface area contributed by atoms with Crippen LogP contribution in [0.2, 0.25) is 0 Å². The molecule has 0 aliphatic carbocycles. The summed E-state index contributed by atoms with van der Waals surface area (Å²) in [6.07, 6.45) is -8.80. The maximum Gasteiger partial charge on any atom is 0.573 e. The van der Waals surface area contributed by atoms with Crippen LogP contribution in [-0.2, 0) is 28.1 Å². The van der Waals surface area contributed by atoms with Crippen LogP contribution in [0.5, 0.6) is 11.5 Å². The molecule has 0 fully saturated rings. The summed E-state index contributed by atoms with van der Waals surface area (Å²) in [4.78, 5) is 0. The molecular weight excluding hydrogens is 503 g/mol. The second kappa shape index (κ2) is 12.6. The van der Waals surface area contributed by atoms with Crippen LogP contribution in [-0.4, -0.2) is 36.8 Å². The van der Waals surface area contributed by atoms with Crippen molar-refractivity contribution in [3.05, 3.63) is 59.2 Å². The van der Waals surface area contributed by atoms with Gasteiger partial charge in [-0.1, -0.05) is 18.2 Å². The number of halogens is 6. The molecule has 196 valence electrons. The van der Waals surface area contributed by atoms with Crippen molar-refractivity contribution >= 4 is 8.69 Å². The Morgan fingerprint density at radius 1 is 0.971 bits per heavy atom. The van der Waals surface area contributed by atoms with Crippen LogP contribution in [0.4, 0.5) is 26.3 Å². The van der Waals surface area contributed by atoms with E-state index in [1.54, 1.807) is 6.07 Å². The van der Waals surface area contributed by atoms with Gasteiger partial charge in [-0.3, -0.25) is 4.57 Å². The fourth-order valence-corrected chi connectivity index (χ4v) is 3.63. The number of hydrogen-bond donors (Lipinski definition) is 2. The second-order valence-electron chi connectivity index (χ2n) is 7.90. The Labute approximate surface area is 199 Å². The molecular formula is C22H26F6NO5P. The van der Waals surface area contributed by atoms with Gasteiger partial charge in [-0.05, 0) is 61.1 Å². The Morgan fingerprint density at radius 3 is 2.31 bits per heavy atom. The molecule has 2 rings (SSSR count). The average Bonchev–Trinajstić information content (AvgIpc) is 2.78. The van der Waals surface area contributed by atoms with E-state index in [1.165, 1.54) is 24.3 Å². The van der Waals surface area contributed by atoms with E-state index in [4.69, 9.17) is 15.0 Å². The Bertz CT molecular complexity index is 972. The standard InChI is InChI=1S/C22H26F6NO5P/c23-21(24,25)18-12-16(8-9-20(29,13-30)14-33-35-31)6-7-19(18)32-10-2-4-15-3-1-5-17(11-15)34-22(26,27)28/h1,3,5-7,11-12,30H,2,4,8-10,13-14,29,35H2. The summed E-state index contributed by atoms with van der Waals surface area (Å²) in [5, 5.41) is 9.43. The van der Waals surface area contributed by atoms with E-state index in [2.05, 4.69) is 4.74 Å². The lowest BCUT2D eigenvalue weighted by atomic mass is 9.93. The number of nitrogens with two attached hydrogens (primary N) is 1. The van der Waals surface area contributed by atoms with E-state index in [-0.39, 0.29) is 50.4 Å². The largest absolute Gasteiger partial charge is 0.573 e. The Balaban J connectivity index is 2.00. The van der Waals surface area contributed by atoms with Gasteiger partial charge < -0.3 is 24.8 Å². The molecule has 0 aromatic heterocycles. The van der Waals surface area contributed by atoms with Gasteiger partial charge in [0.1, 0.15) is 11.5 Å². The minimum absolute atomic E-state index is 0.0948. The SMILES string of the molecule is NC(CO)(CCc1ccc(OCCCc2cccc(OC(F)(F)F)c2)c(C(F)(F)F)c1)CO[PH2]=O. The van der Waals surface area contributed by atoms with Crippen LogP contribution < -0.4 is 15.2 Å². The molecule has 2 aromatic carbocycles. The topological polar surface area (TPSA) is 91.0 Å². The molecule has 0 heterocycles. The van der Waals surface area contributed by atoms with Crippen LogP contribution in [0.1, 0.15) is 29.5 Å². The molecule has 0 saturated heterocycles. The molecule has 2 atom stereocenters. The Hall–Kier alpha value is -2.27. The van der Waals surface area contributed by atoms with Crippen molar-refractivity contribution in [3.8, 4) is 11.5 Å². The normalized spacial score (nSPS) is 14.3. The monoisotopic (exact) mass is 529 g/mol. The first-order valence-corrected chi connectivity index (χ1v) is 11.4. The van der Waals surface area contributed by atoms with Gasteiger partial charge >= 0.3 is 12.5 Å². The molecule has 0 aliphatic heterocycles. The van der Waals surface area contributed by atoms with Crippen molar-refractivity contribution in [2.45, 2.75) is 43.8 Å². The second-order valence-corrected chi connectivity index (χ2v) is 8.43. The summed E-state index contributed by atoms with van der Waals surface area (Å²) in [6.45, 7) is -0.788. The smallest absolute Gasteiger partial charge is 0.493 e. The van der Waals surface area contributed by atoms with Crippen LogP contribution in [0.15, 0.2) is 42.5 Å². The zero-order valence-corrected chi connectivity index (χ0v) is 19.6. The average molecular weight is 529 g/mol. The molecule has 35 heavy (non-hydrogen) atoms. The van der Waals surface area contributed by atoms with Crippen LogP contribution in [0, 0.1) is 0 Å². The number of ether oxygens (including phenoxy) is 2. The van der Waals surface area contributed by atoms with Gasteiger partial charge in [-0.15, -0.1) is 13.2 Å². The van der Waals surface area contributed by atoms with Gasteiger partial charge in [0, 0.05) is 0 Å². The highest BCUT2D eigenvalue weighted by molar-refractivity contribution is 7.17. The lowest BCUT2D eigenvalue weighted by molar-refractivity contribution is -0.274. The Kier molecular flexibility index (Phi) is 10.4.